The van der Waals surface area contributed by atoms with Gasteiger partial charge in [-0.1, -0.05) is 103 Å². The Morgan fingerprint density at radius 1 is 0.641 bits per heavy atom. The van der Waals surface area contributed by atoms with Crippen LogP contribution < -0.4 is 4.90 Å². The third-order valence-electron chi connectivity index (χ3n) is 7.07. The van der Waals surface area contributed by atoms with Crippen LogP contribution in [0.1, 0.15) is 22.3 Å². The predicted molar refractivity (Wildman–Crippen MR) is 149 cm³/mol. The standard InChI is InChI=1S/C33H29NO5/c1-37-31(35)29-22-39-23-34(30(29)32(36)38-2)28-20-18-27(19-21-28)33(24-12-6-3-7-13-24,25-14-8-4-9-15-25)26-16-10-5-11-17-26/h3-21H,22-23H2,1-2H3. The second-order valence-electron chi connectivity index (χ2n) is 9.11. The third-order valence-corrected chi connectivity index (χ3v) is 7.07. The summed E-state index contributed by atoms with van der Waals surface area (Å²) >= 11 is 0. The monoisotopic (exact) mass is 519 g/mol. The molecule has 0 atom stereocenters. The zero-order chi connectivity index (χ0) is 27.2. The zero-order valence-corrected chi connectivity index (χ0v) is 21.9. The molecule has 1 heterocycles. The summed E-state index contributed by atoms with van der Waals surface area (Å²) in [7, 11) is 2.56. The van der Waals surface area contributed by atoms with Crippen molar-refractivity contribution in [1.82, 2.24) is 0 Å². The first-order valence-electron chi connectivity index (χ1n) is 12.6. The molecule has 4 aromatic rings. The minimum atomic E-state index is -0.632. The Morgan fingerprint density at radius 3 is 1.51 bits per heavy atom. The van der Waals surface area contributed by atoms with Crippen LogP contribution in [0.15, 0.2) is 127 Å². The fraction of sp³-hybridized carbons (Fsp3) is 0.152. The Morgan fingerprint density at radius 2 is 1.08 bits per heavy atom. The van der Waals surface area contributed by atoms with Crippen molar-refractivity contribution < 1.29 is 23.8 Å². The lowest BCUT2D eigenvalue weighted by Crippen LogP contribution is -2.39. The van der Waals surface area contributed by atoms with E-state index in [0.29, 0.717) is 5.69 Å². The topological polar surface area (TPSA) is 65.1 Å². The number of rotatable bonds is 7. The summed E-state index contributed by atoms with van der Waals surface area (Å²) in [6.45, 7) is 0.0519. The molecule has 196 valence electrons. The number of hydrogen-bond donors (Lipinski definition) is 0. The number of carbonyl (C=O) groups is 2. The van der Waals surface area contributed by atoms with E-state index in [-0.39, 0.29) is 24.6 Å². The van der Waals surface area contributed by atoms with Crippen LogP contribution in [0.25, 0.3) is 0 Å². The zero-order valence-electron chi connectivity index (χ0n) is 21.9. The van der Waals surface area contributed by atoms with Crippen LogP contribution in [0.3, 0.4) is 0 Å². The molecule has 0 aliphatic carbocycles. The Labute approximate surface area is 228 Å². The van der Waals surface area contributed by atoms with Crippen LogP contribution >= 0.6 is 0 Å². The van der Waals surface area contributed by atoms with Gasteiger partial charge in [0, 0.05) is 5.69 Å². The van der Waals surface area contributed by atoms with E-state index in [9.17, 15) is 9.59 Å². The molecule has 0 N–H and O–H groups in total. The maximum atomic E-state index is 12.8. The van der Waals surface area contributed by atoms with Gasteiger partial charge in [0.15, 0.2) is 0 Å². The maximum absolute atomic E-state index is 12.8. The van der Waals surface area contributed by atoms with Crippen molar-refractivity contribution in [3.8, 4) is 0 Å². The van der Waals surface area contributed by atoms with Gasteiger partial charge in [0.1, 0.15) is 12.4 Å². The lowest BCUT2D eigenvalue weighted by atomic mass is 9.65. The van der Waals surface area contributed by atoms with Crippen molar-refractivity contribution >= 4 is 17.6 Å². The molecule has 0 saturated heterocycles. The van der Waals surface area contributed by atoms with E-state index in [0.717, 1.165) is 22.3 Å². The molecule has 0 aromatic heterocycles. The van der Waals surface area contributed by atoms with Gasteiger partial charge in [-0.3, -0.25) is 0 Å². The molecule has 4 aromatic carbocycles. The van der Waals surface area contributed by atoms with Gasteiger partial charge in [-0.05, 0) is 34.4 Å². The molecule has 5 rings (SSSR count). The minimum Gasteiger partial charge on any atom is -0.466 e. The first kappa shape index (κ1) is 25.9. The third kappa shape index (κ3) is 4.71. The number of esters is 2. The molecular weight excluding hydrogens is 490 g/mol. The van der Waals surface area contributed by atoms with Gasteiger partial charge < -0.3 is 19.1 Å². The summed E-state index contributed by atoms with van der Waals surface area (Å²) in [4.78, 5) is 26.9. The van der Waals surface area contributed by atoms with E-state index in [1.54, 1.807) is 4.90 Å². The summed E-state index contributed by atoms with van der Waals surface area (Å²) in [6, 6.07) is 39.2. The summed E-state index contributed by atoms with van der Waals surface area (Å²) in [5.41, 5.74) is 4.74. The molecule has 39 heavy (non-hydrogen) atoms. The Hall–Kier alpha value is -4.68. The number of ether oxygens (including phenoxy) is 3. The van der Waals surface area contributed by atoms with Crippen LogP contribution in [-0.2, 0) is 29.2 Å². The van der Waals surface area contributed by atoms with Gasteiger partial charge >= 0.3 is 11.9 Å². The lowest BCUT2D eigenvalue weighted by Gasteiger charge is -2.37. The van der Waals surface area contributed by atoms with E-state index in [1.807, 2.05) is 30.3 Å². The van der Waals surface area contributed by atoms with Crippen LogP contribution in [0, 0.1) is 0 Å². The average molecular weight is 520 g/mol. The number of carbonyl (C=O) groups excluding carboxylic acids is 2. The highest BCUT2D eigenvalue weighted by Gasteiger charge is 2.38. The van der Waals surface area contributed by atoms with E-state index >= 15 is 0 Å². The molecule has 0 radical (unpaired) electrons. The van der Waals surface area contributed by atoms with E-state index in [4.69, 9.17) is 14.2 Å². The van der Waals surface area contributed by atoms with Gasteiger partial charge in [-0.25, -0.2) is 9.59 Å². The molecule has 0 amide bonds. The highest BCUT2D eigenvalue weighted by Crippen LogP contribution is 2.45. The van der Waals surface area contributed by atoms with E-state index in [2.05, 4.69) is 84.9 Å². The number of nitrogens with zero attached hydrogens (tertiary/aromatic N) is 1. The Balaban J connectivity index is 1.69. The second-order valence-corrected chi connectivity index (χ2v) is 9.11. The average Bonchev–Trinajstić information content (AvgIpc) is 3.02. The smallest absolute Gasteiger partial charge is 0.355 e. The first-order chi connectivity index (χ1) is 19.1. The molecule has 6 heteroatoms. The van der Waals surface area contributed by atoms with Gasteiger partial charge in [-0.15, -0.1) is 0 Å². The van der Waals surface area contributed by atoms with Crippen molar-refractivity contribution in [2.45, 2.75) is 5.41 Å². The number of hydrogen-bond acceptors (Lipinski definition) is 6. The largest absolute Gasteiger partial charge is 0.466 e. The molecule has 6 nitrogen and oxygen atoms in total. The van der Waals surface area contributed by atoms with Crippen LogP contribution in [0.4, 0.5) is 5.69 Å². The van der Waals surface area contributed by atoms with Crippen molar-refractivity contribution in [3.63, 3.8) is 0 Å². The van der Waals surface area contributed by atoms with Crippen molar-refractivity contribution in [3.05, 3.63) is 149 Å². The first-order valence-corrected chi connectivity index (χ1v) is 12.6. The molecule has 1 aliphatic rings. The normalized spacial score (nSPS) is 13.6. The summed E-state index contributed by atoms with van der Waals surface area (Å²) in [6.07, 6.45) is 0. The second kappa shape index (κ2) is 11.4. The van der Waals surface area contributed by atoms with Gasteiger partial charge in [0.2, 0.25) is 0 Å². The Bertz CT molecular complexity index is 1370. The summed E-state index contributed by atoms with van der Waals surface area (Å²) < 4.78 is 15.6. The van der Waals surface area contributed by atoms with Crippen LogP contribution in [0.5, 0.6) is 0 Å². The quantitative estimate of drug-likeness (QED) is 0.239. The molecule has 0 unspecified atom stereocenters. The van der Waals surface area contributed by atoms with Gasteiger partial charge in [0.25, 0.3) is 0 Å². The molecule has 0 bridgehead atoms. The number of anilines is 1. The molecular formula is C33H29NO5. The molecule has 0 spiro atoms. The van der Waals surface area contributed by atoms with Gasteiger partial charge in [0.05, 0.1) is 31.8 Å². The minimum absolute atomic E-state index is 0.0369. The van der Waals surface area contributed by atoms with Crippen molar-refractivity contribution in [2.24, 2.45) is 0 Å². The van der Waals surface area contributed by atoms with Crippen molar-refractivity contribution in [1.29, 1.82) is 0 Å². The van der Waals surface area contributed by atoms with Gasteiger partial charge in [-0.2, -0.15) is 0 Å². The fourth-order valence-corrected chi connectivity index (χ4v) is 5.30. The van der Waals surface area contributed by atoms with E-state index in [1.165, 1.54) is 14.2 Å². The summed E-state index contributed by atoms with van der Waals surface area (Å²) in [5, 5.41) is 0. The predicted octanol–water partition coefficient (Wildman–Crippen LogP) is 5.46. The molecule has 0 saturated carbocycles. The Kier molecular flexibility index (Phi) is 7.57. The van der Waals surface area contributed by atoms with Crippen LogP contribution in [-0.4, -0.2) is 39.5 Å². The number of methoxy groups -OCH3 is 2. The lowest BCUT2D eigenvalue weighted by molar-refractivity contribution is -0.140. The highest BCUT2D eigenvalue weighted by molar-refractivity contribution is 6.03. The maximum Gasteiger partial charge on any atom is 0.355 e. The molecule has 0 fully saturated rings. The number of benzene rings is 4. The summed E-state index contributed by atoms with van der Waals surface area (Å²) in [5.74, 6) is -1.26. The molecule has 1 aliphatic heterocycles. The fourth-order valence-electron chi connectivity index (χ4n) is 5.30. The van der Waals surface area contributed by atoms with Crippen LogP contribution in [0.2, 0.25) is 0 Å². The van der Waals surface area contributed by atoms with E-state index < -0.39 is 17.4 Å². The SMILES string of the molecule is COC(=O)C1=C(C(=O)OC)N(c2ccc(C(c3ccccc3)(c3ccccc3)c3ccccc3)cc2)COC1. The van der Waals surface area contributed by atoms with Crippen molar-refractivity contribution in [2.75, 3.05) is 32.5 Å². The highest BCUT2D eigenvalue weighted by atomic mass is 16.5.